The minimum absolute atomic E-state index is 0.830. The van der Waals surface area contributed by atoms with Crippen molar-refractivity contribution in [3.05, 3.63) is 71.8 Å². The van der Waals surface area contributed by atoms with Crippen molar-refractivity contribution in [3.63, 3.8) is 0 Å². The van der Waals surface area contributed by atoms with Crippen molar-refractivity contribution in [2.24, 2.45) is 4.99 Å². The van der Waals surface area contributed by atoms with Gasteiger partial charge in [0.15, 0.2) is 5.72 Å². The van der Waals surface area contributed by atoms with Crippen LogP contribution in [0.25, 0.3) is 0 Å². The molecule has 0 spiro atoms. The smallest absolute Gasteiger partial charge is 0.189 e. The predicted molar refractivity (Wildman–Crippen MR) is 94.4 cm³/mol. The van der Waals surface area contributed by atoms with Crippen molar-refractivity contribution in [3.8, 4) is 0 Å². The van der Waals surface area contributed by atoms with Gasteiger partial charge in [0, 0.05) is 24.1 Å². The Morgan fingerprint density at radius 2 is 1.35 bits per heavy atom. The topological polar surface area (TPSA) is 44.6 Å². The molecule has 3 nitrogen and oxygen atoms in total. The molecule has 2 N–H and O–H groups in total. The molecule has 0 radical (unpaired) electrons. The molecule has 2 aromatic rings. The third-order valence-corrected chi connectivity index (χ3v) is 4.33. The molecule has 0 atom stereocenters. The van der Waals surface area contributed by atoms with Gasteiger partial charge in [0.2, 0.25) is 0 Å². The average molecular weight is 308 g/mol. The van der Waals surface area contributed by atoms with E-state index in [-0.39, 0.29) is 0 Å². The first kappa shape index (κ1) is 15.8. The van der Waals surface area contributed by atoms with Crippen LogP contribution in [0.15, 0.2) is 65.7 Å². The zero-order valence-corrected chi connectivity index (χ0v) is 13.4. The molecule has 0 aliphatic carbocycles. The SMILES string of the molecule is OC(NC1=NCCCCCC1)(c1ccccc1)c1ccccc1. The van der Waals surface area contributed by atoms with Crippen LogP contribution in [-0.4, -0.2) is 17.5 Å². The summed E-state index contributed by atoms with van der Waals surface area (Å²) >= 11 is 0. The summed E-state index contributed by atoms with van der Waals surface area (Å²) in [6, 6.07) is 19.5. The van der Waals surface area contributed by atoms with Gasteiger partial charge in [-0.2, -0.15) is 0 Å². The molecule has 3 rings (SSSR count). The molecule has 1 heterocycles. The summed E-state index contributed by atoms with van der Waals surface area (Å²) in [5, 5.41) is 14.8. The quantitative estimate of drug-likeness (QED) is 0.846. The molecule has 120 valence electrons. The van der Waals surface area contributed by atoms with Crippen LogP contribution in [0.1, 0.15) is 43.2 Å². The number of hydrogen-bond acceptors (Lipinski definition) is 3. The number of amidine groups is 1. The number of nitrogens with zero attached hydrogens (tertiary/aromatic N) is 1. The molecule has 2 aromatic carbocycles. The maximum atomic E-state index is 11.5. The van der Waals surface area contributed by atoms with Crippen LogP contribution in [0.4, 0.5) is 0 Å². The van der Waals surface area contributed by atoms with Crippen molar-refractivity contribution in [2.45, 2.75) is 37.8 Å². The van der Waals surface area contributed by atoms with Gasteiger partial charge in [0.05, 0.1) is 5.84 Å². The number of aliphatic imine (C=N–C) groups is 1. The van der Waals surface area contributed by atoms with E-state index >= 15 is 0 Å². The molecule has 0 unspecified atom stereocenters. The second-order valence-electron chi connectivity index (χ2n) is 6.06. The Morgan fingerprint density at radius 1 is 0.783 bits per heavy atom. The van der Waals surface area contributed by atoms with E-state index in [1.807, 2.05) is 60.7 Å². The maximum Gasteiger partial charge on any atom is 0.189 e. The van der Waals surface area contributed by atoms with Gasteiger partial charge in [-0.05, 0) is 12.8 Å². The fourth-order valence-corrected chi connectivity index (χ4v) is 3.03. The highest BCUT2D eigenvalue weighted by molar-refractivity contribution is 5.83. The van der Waals surface area contributed by atoms with Gasteiger partial charge in [-0.3, -0.25) is 4.99 Å². The minimum atomic E-state index is -1.25. The van der Waals surface area contributed by atoms with Gasteiger partial charge in [0.1, 0.15) is 0 Å². The Hall–Kier alpha value is -2.13. The molecule has 0 fully saturated rings. The van der Waals surface area contributed by atoms with Crippen molar-refractivity contribution in [1.29, 1.82) is 0 Å². The van der Waals surface area contributed by atoms with E-state index in [2.05, 4.69) is 10.3 Å². The van der Waals surface area contributed by atoms with Crippen LogP contribution in [0, 0.1) is 0 Å². The highest BCUT2D eigenvalue weighted by Crippen LogP contribution is 2.27. The van der Waals surface area contributed by atoms with Crippen LogP contribution in [0.2, 0.25) is 0 Å². The Kier molecular flexibility index (Phi) is 5.09. The predicted octanol–water partition coefficient (Wildman–Crippen LogP) is 3.83. The molecular formula is C20H24N2O. The van der Waals surface area contributed by atoms with E-state index in [0.717, 1.165) is 42.8 Å². The molecule has 1 aliphatic rings. The van der Waals surface area contributed by atoms with E-state index in [1.165, 1.54) is 12.8 Å². The maximum absolute atomic E-state index is 11.5. The summed E-state index contributed by atoms with van der Waals surface area (Å²) in [6.07, 6.45) is 5.61. The Balaban J connectivity index is 1.95. The summed E-state index contributed by atoms with van der Waals surface area (Å²) in [5.74, 6) is 0.903. The molecule has 0 saturated heterocycles. The normalized spacial score (nSPS) is 16.1. The number of nitrogens with one attached hydrogen (secondary N) is 1. The third kappa shape index (κ3) is 3.80. The molecule has 1 aliphatic heterocycles. The van der Waals surface area contributed by atoms with E-state index < -0.39 is 5.72 Å². The van der Waals surface area contributed by atoms with Gasteiger partial charge >= 0.3 is 0 Å². The number of benzene rings is 2. The Labute approximate surface area is 138 Å². The lowest BCUT2D eigenvalue weighted by atomic mass is 9.94. The van der Waals surface area contributed by atoms with Crippen LogP contribution < -0.4 is 5.32 Å². The van der Waals surface area contributed by atoms with E-state index in [0.29, 0.717) is 0 Å². The molecule has 0 bridgehead atoms. The first-order valence-corrected chi connectivity index (χ1v) is 8.44. The second-order valence-corrected chi connectivity index (χ2v) is 6.06. The Bertz CT molecular complexity index is 598. The average Bonchev–Trinajstić information content (AvgIpc) is 2.59. The lowest BCUT2D eigenvalue weighted by Gasteiger charge is -2.32. The zero-order chi connectivity index (χ0) is 16.0. The highest BCUT2D eigenvalue weighted by Gasteiger charge is 2.32. The van der Waals surface area contributed by atoms with Gasteiger partial charge in [-0.15, -0.1) is 0 Å². The summed E-state index contributed by atoms with van der Waals surface area (Å²) in [6.45, 7) is 0.835. The first-order valence-electron chi connectivity index (χ1n) is 8.44. The molecule has 0 saturated carbocycles. The van der Waals surface area contributed by atoms with Crippen molar-refractivity contribution < 1.29 is 5.11 Å². The lowest BCUT2D eigenvalue weighted by Crippen LogP contribution is -2.47. The van der Waals surface area contributed by atoms with Crippen molar-refractivity contribution in [2.75, 3.05) is 6.54 Å². The van der Waals surface area contributed by atoms with Gasteiger partial charge in [-0.25, -0.2) is 0 Å². The summed E-state index contributed by atoms with van der Waals surface area (Å²) in [7, 11) is 0. The fraction of sp³-hybridized carbons (Fsp3) is 0.350. The monoisotopic (exact) mass is 308 g/mol. The van der Waals surface area contributed by atoms with Crippen LogP contribution >= 0.6 is 0 Å². The fourth-order valence-electron chi connectivity index (χ4n) is 3.03. The van der Waals surface area contributed by atoms with E-state index in [1.54, 1.807) is 0 Å². The van der Waals surface area contributed by atoms with Crippen molar-refractivity contribution in [1.82, 2.24) is 5.32 Å². The van der Waals surface area contributed by atoms with Crippen LogP contribution in [0.5, 0.6) is 0 Å². The highest BCUT2D eigenvalue weighted by atomic mass is 16.3. The molecule has 23 heavy (non-hydrogen) atoms. The van der Waals surface area contributed by atoms with Crippen molar-refractivity contribution >= 4 is 5.84 Å². The summed E-state index contributed by atoms with van der Waals surface area (Å²) in [4.78, 5) is 4.66. The van der Waals surface area contributed by atoms with Crippen LogP contribution in [-0.2, 0) is 5.72 Å². The zero-order valence-electron chi connectivity index (χ0n) is 13.4. The molecule has 0 amide bonds. The standard InChI is InChI=1S/C20H24N2O/c23-20(17-11-5-3-6-12-17,18-13-7-4-8-14-18)22-19-15-9-1-2-10-16-21-19/h3-8,11-14,23H,1-2,9-10,15-16H2,(H,21,22). The first-order chi connectivity index (χ1) is 11.3. The molecule has 3 heteroatoms. The third-order valence-electron chi connectivity index (χ3n) is 4.33. The molecule has 0 aromatic heterocycles. The van der Waals surface area contributed by atoms with Gasteiger partial charge < -0.3 is 10.4 Å². The lowest BCUT2D eigenvalue weighted by molar-refractivity contribution is 0.0638. The summed E-state index contributed by atoms with van der Waals surface area (Å²) < 4.78 is 0. The number of rotatable bonds is 3. The van der Waals surface area contributed by atoms with Gasteiger partial charge in [-0.1, -0.05) is 73.5 Å². The van der Waals surface area contributed by atoms with E-state index in [4.69, 9.17) is 0 Å². The number of aliphatic hydroxyl groups is 1. The van der Waals surface area contributed by atoms with E-state index in [9.17, 15) is 5.11 Å². The number of hydrogen-bond donors (Lipinski definition) is 2. The minimum Gasteiger partial charge on any atom is -0.363 e. The largest absolute Gasteiger partial charge is 0.363 e. The van der Waals surface area contributed by atoms with Crippen LogP contribution in [0.3, 0.4) is 0 Å². The summed E-state index contributed by atoms with van der Waals surface area (Å²) in [5.41, 5.74) is 0.410. The Morgan fingerprint density at radius 3 is 1.96 bits per heavy atom. The van der Waals surface area contributed by atoms with Gasteiger partial charge in [0.25, 0.3) is 0 Å². The molecular weight excluding hydrogens is 284 g/mol. The second kappa shape index (κ2) is 7.42.